The predicted molar refractivity (Wildman–Crippen MR) is 90.8 cm³/mol. The zero-order valence-corrected chi connectivity index (χ0v) is 13.2. The minimum atomic E-state index is -0.213. The van der Waals surface area contributed by atoms with Crippen LogP contribution in [-0.2, 0) is 9.53 Å². The topological polar surface area (TPSA) is 26.3 Å². The van der Waals surface area contributed by atoms with Crippen molar-refractivity contribution in [2.75, 3.05) is 0 Å². The van der Waals surface area contributed by atoms with Gasteiger partial charge in [0.15, 0.2) is 0 Å². The van der Waals surface area contributed by atoms with Crippen LogP contribution in [0.1, 0.15) is 45.4 Å². The third-order valence-corrected chi connectivity index (χ3v) is 2.88. The van der Waals surface area contributed by atoms with E-state index in [1.165, 1.54) is 0 Å². The van der Waals surface area contributed by atoms with E-state index in [-0.39, 0.29) is 11.9 Å². The fourth-order valence-corrected chi connectivity index (χ4v) is 1.83. The molecule has 0 saturated carbocycles. The molecule has 1 atom stereocenters. The van der Waals surface area contributed by atoms with Crippen LogP contribution in [0.3, 0.4) is 0 Å². The number of allylic oxidation sites excluding steroid dienone is 6. The van der Waals surface area contributed by atoms with Gasteiger partial charge in [0.2, 0.25) is 0 Å². The van der Waals surface area contributed by atoms with Crippen LogP contribution in [0.15, 0.2) is 62.0 Å². The van der Waals surface area contributed by atoms with Crippen LogP contribution >= 0.6 is 0 Å². The summed E-state index contributed by atoms with van der Waals surface area (Å²) in [5.41, 5.74) is 0. The highest BCUT2D eigenvalue weighted by molar-refractivity contribution is 5.75. The molecule has 21 heavy (non-hydrogen) atoms. The average Bonchev–Trinajstić information content (AvgIpc) is 2.43. The molecule has 2 nitrogen and oxygen atoms in total. The molecule has 0 aromatic rings. The molecule has 0 aromatic heterocycles. The molecule has 1 unspecified atom stereocenters. The second-order valence-corrected chi connectivity index (χ2v) is 4.97. The molecule has 0 aliphatic heterocycles. The predicted octanol–water partition coefficient (Wildman–Crippen LogP) is 5.50. The van der Waals surface area contributed by atoms with Gasteiger partial charge in [0.1, 0.15) is 0 Å². The van der Waals surface area contributed by atoms with E-state index in [4.69, 9.17) is 4.74 Å². The highest BCUT2D eigenvalue weighted by Crippen LogP contribution is 2.15. The highest BCUT2D eigenvalue weighted by Gasteiger charge is 2.16. The first-order chi connectivity index (χ1) is 10.1. The van der Waals surface area contributed by atoms with Gasteiger partial charge in [0.25, 0.3) is 0 Å². The van der Waals surface area contributed by atoms with E-state index in [2.05, 4.69) is 31.9 Å². The molecule has 116 valence electrons. The highest BCUT2D eigenvalue weighted by atomic mass is 16.5. The van der Waals surface area contributed by atoms with Crippen LogP contribution in [0.25, 0.3) is 0 Å². The quantitative estimate of drug-likeness (QED) is 0.156. The van der Waals surface area contributed by atoms with Crippen molar-refractivity contribution in [3.63, 3.8) is 0 Å². The zero-order valence-electron chi connectivity index (χ0n) is 13.2. The Morgan fingerprint density at radius 2 is 1.86 bits per heavy atom. The number of carbonyl (C=O) groups excluding carboxylic acids is 1. The molecule has 0 amide bonds. The van der Waals surface area contributed by atoms with E-state index in [0.717, 1.165) is 38.5 Å². The second-order valence-electron chi connectivity index (χ2n) is 4.97. The Morgan fingerprint density at radius 1 is 1.14 bits per heavy atom. The molecular formula is C19H28O2. The third-order valence-electron chi connectivity index (χ3n) is 2.88. The van der Waals surface area contributed by atoms with Gasteiger partial charge in [-0.2, -0.15) is 0 Å². The molecule has 0 aliphatic carbocycles. The summed E-state index contributed by atoms with van der Waals surface area (Å²) in [4.78, 5) is 12.0. The lowest BCUT2D eigenvalue weighted by atomic mass is 10.0. The minimum absolute atomic E-state index is 0.192. The molecular weight excluding hydrogens is 260 g/mol. The van der Waals surface area contributed by atoms with Crippen LogP contribution in [0, 0.1) is 5.92 Å². The minimum Gasteiger partial charge on any atom is -0.432 e. The van der Waals surface area contributed by atoms with Gasteiger partial charge in [-0.3, -0.25) is 4.79 Å². The maximum atomic E-state index is 12.0. The van der Waals surface area contributed by atoms with E-state index in [1.54, 1.807) is 13.0 Å². The number of ether oxygens (including phenoxy) is 1. The number of hydrogen-bond acceptors (Lipinski definition) is 2. The van der Waals surface area contributed by atoms with E-state index < -0.39 is 0 Å². The molecule has 0 spiro atoms. The summed E-state index contributed by atoms with van der Waals surface area (Å²) in [6.07, 6.45) is 17.4. The maximum Gasteiger partial charge on any atom is 0.317 e. The van der Waals surface area contributed by atoms with E-state index in [9.17, 15) is 4.79 Å². The number of esters is 1. The molecule has 0 aliphatic rings. The Balaban J connectivity index is 4.35. The summed E-state index contributed by atoms with van der Waals surface area (Å²) in [5.74, 6) is 0.0364. The Kier molecular flexibility index (Phi) is 12.0. The molecule has 2 heteroatoms. The Hall–Kier alpha value is -1.83. The molecule has 0 heterocycles. The van der Waals surface area contributed by atoms with Crippen LogP contribution < -0.4 is 0 Å². The van der Waals surface area contributed by atoms with Crippen molar-refractivity contribution in [2.24, 2.45) is 5.92 Å². The summed E-state index contributed by atoms with van der Waals surface area (Å²) in [6, 6.07) is 0. The Bertz CT molecular complexity index is 388. The van der Waals surface area contributed by atoms with Crippen molar-refractivity contribution >= 4 is 5.97 Å². The maximum absolute atomic E-state index is 12.0. The van der Waals surface area contributed by atoms with Gasteiger partial charge in [0.05, 0.1) is 11.7 Å². The first kappa shape index (κ1) is 19.2. The molecule has 0 bridgehead atoms. The SMILES string of the molecule is C=CC=CCCCC(C=CCCCC=C)C(=O)OC(=C)C. The first-order valence-electron chi connectivity index (χ1n) is 7.54. The smallest absolute Gasteiger partial charge is 0.317 e. The van der Waals surface area contributed by atoms with Crippen LogP contribution in [0.5, 0.6) is 0 Å². The van der Waals surface area contributed by atoms with Gasteiger partial charge in [0, 0.05) is 0 Å². The van der Waals surface area contributed by atoms with Crippen LogP contribution in [0.2, 0.25) is 0 Å². The number of hydrogen-bond donors (Lipinski definition) is 0. The average molecular weight is 288 g/mol. The van der Waals surface area contributed by atoms with Gasteiger partial charge in [-0.25, -0.2) is 0 Å². The van der Waals surface area contributed by atoms with Crippen molar-refractivity contribution in [1.29, 1.82) is 0 Å². The molecule has 0 rings (SSSR count). The Labute approximate surface area is 129 Å². The lowest BCUT2D eigenvalue weighted by Crippen LogP contribution is -2.15. The van der Waals surface area contributed by atoms with Crippen molar-refractivity contribution in [3.8, 4) is 0 Å². The summed E-state index contributed by atoms with van der Waals surface area (Å²) >= 11 is 0. The lowest BCUT2D eigenvalue weighted by Gasteiger charge is -2.11. The van der Waals surface area contributed by atoms with E-state index in [0.29, 0.717) is 5.76 Å². The summed E-state index contributed by atoms with van der Waals surface area (Å²) < 4.78 is 5.13. The summed E-state index contributed by atoms with van der Waals surface area (Å²) in [7, 11) is 0. The van der Waals surface area contributed by atoms with Crippen molar-refractivity contribution in [2.45, 2.75) is 45.4 Å². The van der Waals surface area contributed by atoms with E-state index in [1.807, 2.05) is 18.2 Å². The fraction of sp³-hybridized carbons (Fsp3) is 0.421. The number of unbranched alkanes of at least 4 members (excludes halogenated alkanes) is 3. The van der Waals surface area contributed by atoms with Gasteiger partial charge in [-0.15, -0.1) is 6.58 Å². The van der Waals surface area contributed by atoms with E-state index >= 15 is 0 Å². The van der Waals surface area contributed by atoms with Crippen molar-refractivity contribution in [1.82, 2.24) is 0 Å². The molecule has 0 N–H and O–H groups in total. The van der Waals surface area contributed by atoms with Gasteiger partial charge < -0.3 is 4.74 Å². The largest absolute Gasteiger partial charge is 0.432 e. The zero-order chi connectivity index (χ0) is 15.9. The first-order valence-corrected chi connectivity index (χ1v) is 7.54. The summed E-state index contributed by atoms with van der Waals surface area (Å²) in [5, 5.41) is 0. The van der Waals surface area contributed by atoms with Gasteiger partial charge in [-0.05, 0) is 45.4 Å². The number of carbonyl (C=O) groups is 1. The lowest BCUT2D eigenvalue weighted by molar-refractivity contribution is -0.142. The standard InChI is InChI=1S/C19H28O2/c1-5-7-9-11-13-15-18(19(20)21-17(3)4)16-14-12-10-8-6-2/h5-7,9,14,16,18H,1-3,8,10-13,15H2,4H3. The van der Waals surface area contributed by atoms with Gasteiger partial charge >= 0.3 is 5.97 Å². The Morgan fingerprint density at radius 3 is 2.48 bits per heavy atom. The van der Waals surface area contributed by atoms with Crippen molar-refractivity contribution in [3.05, 3.63) is 62.0 Å². The van der Waals surface area contributed by atoms with Gasteiger partial charge in [-0.1, -0.05) is 49.6 Å². The van der Waals surface area contributed by atoms with Crippen LogP contribution in [-0.4, -0.2) is 5.97 Å². The molecule has 0 radical (unpaired) electrons. The number of rotatable bonds is 12. The third kappa shape index (κ3) is 11.7. The fourth-order valence-electron chi connectivity index (χ4n) is 1.83. The monoisotopic (exact) mass is 288 g/mol. The normalized spacial score (nSPS) is 12.4. The van der Waals surface area contributed by atoms with Crippen LogP contribution in [0.4, 0.5) is 0 Å². The van der Waals surface area contributed by atoms with Crippen molar-refractivity contribution < 1.29 is 9.53 Å². The molecule has 0 aromatic carbocycles. The molecule has 0 saturated heterocycles. The second kappa shape index (κ2) is 13.2. The summed E-state index contributed by atoms with van der Waals surface area (Å²) in [6.45, 7) is 12.6. The molecule has 0 fully saturated rings.